The number of alkyl halides is 1. The Morgan fingerprint density at radius 3 is 2.75 bits per heavy atom. The number of fused-ring (bicyclic) bond motifs is 1. The molecule has 0 fully saturated rings. The summed E-state index contributed by atoms with van der Waals surface area (Å²) in [6.07, 6.45) is 1.38. The van der Waals surface area contributed by atoms with Gasteiger partial charge in [-0.05, 0) is 6.92 Å². The second-order valence-electron chi connectivity index (χ2n) is 4.52. The van der Waals surface area contributed by atoms with Gasteiger partial charge in [0, 0.05) is 14.1 Å². The van der Waals surface area contributed by atoms with Crippen LogP contribution < -0.4 is 4.74 Å². The van der Waals surface area contributed by atoms with Crippen molar-refractivity contribution in [1.82, 2.24) is 24.4 Å². The van der Waals surface area contributed by atoms with Gasteiger partial charge in [-0.3, -0.25) is 4.79 Å². The lowest BCUT2D eigenvalue weighted by atomic mass is 10.4. The molecule has 1 amide bonds. The molecule has 1 atom stereocenters. The number of aromatic nitrogens is 4. The van der Waals surface area contributed by atoms with Gasteiger partial charge in [0.15, 0.2) is 11.2 Å². The lowest BCUT2D eigenvalue weighted by Crippen LogP contribution is -2.27. The molecule has 2 rings (SSSR count). The van der Waals surface area contributed by atoms with E-state index in [0.29, 0.717) is 22.9 Å². The van der Waals surface area contributed by atoms with Crippen LogP contribution in [-0.2, 0) is 11.3 Å². The molecule has 0 radical (unpaired) electrons. The number of hydrogen-bond acceptors (Lipinski definition) is 5. The van der Waals surface area contributed by atoms with Crippen LogP contribution in [0, 0.1) is 0 Å². The first kappa shape index (κ1) is 14.5. The summed E-state index contributed by atoms with van der Waals surface area (Å²) in [5.41, 5.74) is 1.04. The first-order valence-electron chi connectivity index (χ1n) is 6.05. The highest BCUT2D eigenvalue weighted by Crippen LogP contribution is 2.27. The Morgan fingerprint density at radius 1 is 1.50 bits per heavy atom. The quantitative estimate of drug-likeness (QED) is 0.794. The van der Waals surface area contributed by atoms with Gasteiger partial charge in [-0.15, -0.1) is 11.6 Å². The lowest BCUT2D eigenvalue weighted by molar-refractivity contribution is -0.129. The highest BCUT2D eigenvalue weighted by atomic mass is 35.5. The molecule has 2 aromatic heterocycles. The molecular formula is C12H16ClN5O2. The van der Waals surface area contributed by atoms with Crippen LogP contribution in [-0.4, -0.2) is 51.5 Å². The average molecular weight is 298 g/mol. The van der Waals surface area contributed by atoms with Crippen molar-refractivity contribution < 1.29 is 9.53 Å². The SMILES string of the molecule is COc1ncnc2c1nc(C(C)Cl)n2CC(=O)N(C)C. The predicted molar refractivity (Wildman–Crippen MR) is 74.8 cm³/mol. The van der Waals surface area contributed by atoms with Crippen LogP contribution in [0.2, 0.25) is 0 Å². The summed E-state index contributed by atoms with van der Waals surface area (Å²) in [7, 11) is 4.90. The maximum Gasteiger partial charge on any atom is 0.245 e. The number of hydrogen-bond donors (Lipinski definition) is 0. The number of amides is 1. The van der Waals surface area contributed by atoms with E-state index in [9.17, 15) is 4.79 Å². The zero-order chi connectivity index (χ0) is 14.9. The van der Waals surface area contributed by atoms with Gasteiger partial charge in [-0.1, -0.05) is 0 Å². The molecule has 0 aliphatic rings. The molecule has 108 valence electrons. The molecule has 7 nitrogen and oxygen atoms in total. The molecule has 0 bridgehead atoms. The van der Waals surface area contributed by atoms with Crippen LogP contribution in [0.25, 0.3) is 11.2 Å². The molecule has 0 spiro atoms. The minimum Gasteiger partial charge on any atom is -0.479 e. The fraction of sp³-hybridized carbons (Fsp3) is 0.500. The van der Waals surface area contributed by atoms with E-state index in [-0.39, 0.29) is 17.8 Å². The minimum atomic E-state index is -0.358. The number of halogens is 1. The van der Waals surface area contributed by atoms with E-state index in [1.54, 1.807) is 25.6 Å². The Bertz CT molecular complexity index is 638. The fourth-order valence-electron chi connectivity index (χ4n) is 1.82. The largest absolute Gasteiger partial charge is 0.479 e. The molecule has 20 heavy (non-hydrogen) atoms. The summed E-state index contributed by atoms with van der Waals surface area (Å²) < 4.78 is 6.86. The summed E-state index contributed by atoms with van der Waals surface area (Å²) in [6.45, 7) is 1.91. The molecule has 0 N–H and O–H groups in total. The Morgan fingerprint density at radius 2 is 2.20 bits per heavy atom. The van der Waals surface area contributed by atoms with E-state index < -0.39 is 0 Å². The molecular weight excluding hydrogens is 282 g/mol. The summed E-state index contributed by atoms with van der Waals surface area (Å²) >= 11 is 6.14. The van der Waals surface area contributed by atoms with Crippen molar-refractivity contribution in [1.29, 1.82) is 0 Å². The Kier molecular flexibility index (Phi) is 4.08. The molecule has 8 heteroatoms. The molecule has 2 heterocycles. The van der Waals surface area contributed by atoms with Crippen molar-refractivity contribution in [2.45, 2.75) is 18.8 Å². The normalized spacial score (nSPS) is 12.4. The number of nitrogens with zero attached hydrogens (tertiary/aromatic N) is 5. The van der Waals surface area contributed by atoms with E-state index >= 15 is 0 Å². The highest BCUT2D eigenvalue weighted by Gasteiger charge is 2.21. The third-order valence-electron chi connectivity index (χ3n) is 2.87. The zero-order valence-corrected chi connectivity index (χ0v) is 12.5. The topological polar surface area (TPSA) is 73.1 Å². The smallest absolute Gasteiger partial charge is 0.245 e. The molecule has 1 unspecified atom stereocenters. The standard InChI is InChI=1S/C12H16ClN5O2/c1-7(13)10-16-9-11(14-6-15-12(9)20-4)18(10)5-8(19)17(2)3/h6-7H,5H2,1-4H3. The average Bonchev–Trinajstić information content (AvgIpc) is 2.77. The third kappa shape index (κ3) is 2.53. The minimum absolute atomic E-state index is 0.0690. The molecule has 0 saturated carbocycles. The number of ether oxygens (including phenoxy) is 1. The first-order valence-corrected chi connectivity index (χ1v) is 6.48. The number of methoxy groups -OCH3 is 1. The van der Waals surface area contributed by atoms with Crippen LogP contribution in [0.4, 0.5) is 0 Å². The van der Waals surface area contributed by atoms with Crippen LogP contribution in [0.1, 0.15) is 18.1 Å². The van der Waals surface area contributed by atoms with Crippen molar-refractivity contribution in [3.63, 3.8) is 0 Å². The van der Waals surface area contributed by atoms with Gasteiger partial charge in [-0.25, -0.2) is 9.97 Å². The van der Waals surface area contributed by atoms with Crippen LogP contribution in [0.3, 0.4) is 0 Å². The number of imidazole rings is 1. The Hall–Kier alpha value is -1.89. The predicted octanol–water partition coefficient (Wildman–Crippen LogP) is 1.22. The molecule has 0 aliphatic heterocycles. The monoisotopic (exact) mass is 297 g/mol. The van der Waals surface area contributed by atoms with Crippen LogP contribution in [0.5, 0.6) is 5.88 Å². The summed E-state index contributed by atoms with van der Waals surface area (Å²) in [4.78, 5) is 26.0. The van der Waals surface area contributed by atoms with Gasteiger partial charge in [0.25, 0.3) is 0 Å². The molecule has 2 aromatic rings. The van der Waals surface area contributed by atoms with Crippen LogP contribution in [0.15, 0.2) is 6.33 Å². The number of carbonyl (C=O) groups excluding carboxylic acids is 1. The Balaban J connectivity index is 2.60. The lowest BCUT2D eigenvalue weighted by Gasteiger charge is -2.13. The van der Waals surface area contributed by atoms with E-state index in [1.165, 1.54) is 18.3 Å². The number of carbonyl (C=O) groups is 1. The first-order chi connectivity index (χ1) is 9.45. The number of rotatable bonds is 4. The van der Waals surface area contributed by atoms with Gasteiger partial charge in [0.2, 0.25) is 11.8 Å². The van der Waals surface area contributed by atoms with Gasteiger partial charge in [-0.2, -0.15) is 4.98 Å². The van der Waals surface area contributed by atoms with E-state index in [1.807, 2.05) is 0 Å². The van der Waals surface area contributed by atoms with Gasteiger partial charge >= 0.3 is 0 Å². The maximum absolute atomic E-state index is 11.9. The highest BCUT2D eigenvalue weighted by molar-refractivity contribution is 6.20. The second-order valence-corrected chi connectivity index (χ2v) is 5.17. The van der Waals surface area contributed by atoms with Crippen molar-refractivity contribution in [3.8, 4) is 5.88 Å². The second kappa shape index (κ2) is 5.62. The summed E-state index contributed by atoms with van der Waals surface area (Å²) in [6, 6.07) is 0. The van der Waals surface area contributed by atoms with E-state index in [0.717, 1.165) is 0 Å². The molecule has 0 saturated heterocycles. The fourth-order valence-corrected chi connectivity index (χ4v) is 1.98. The summed E-state index contributed by atoms with van der Waals surface area (Å²) in [5, 5.41) is -0.358. The summed E-state index contributed by atoms with van der Waals surface area (Å²) in [5.74, 6) is 0.862. The van der Waals surface area contributed by atoms with E-state index in [4.69, 9.17) is 16.3 Å². The molecule has 0 aromatic carbocycles. The maximum atomic E-state index is 11.9. The van der Waals surface area contributed by atoms with Crippen LogP contribution >= 0.6 is 11.6 Å². The van der Waals surface area contributed by atoms with E-state index in [2.05, 4.69) is 15.0 Å². The van der Waals surface area contributed by atoms with Gasteiger partial charge in [0.1, 0.15) is 18.7 Å². The van der Waals surface area contributed by atoms with Gasteiger partial charge in [0.05, 0.1) is 12.5 Å². The van der Waals surface area contributed by atoms with Crippen molar-refractivity contribution in [3.05, 3.63) is 12.2 Å². The third-order valence-corrected chi connectivity index (χ3v) is 3.06. The van der Waals surface area contributed by atoms with Crippen molar-refractivity contribution in [2.24, 2.45) is 0 Å². The van der Waals surface area contributed by atoms with Gasteiger partial charge < -0.3 is 14.2 Å². The molecule has 0 aliphatic carbocycles. The number of likely N-dealkylation sites (N-methyl/N-ethyl adjacent to an activating group) is 1. The van der Waals surface area contributed by atoms with Crippen molar-refractivity contribution in [2.75, 3.05) is 21.2 Å². The van der Waals surface area contributed by atoms with Crippen molar-refractivity contribution >= 4 is 28.7 Å². The zero-order valence-electron chi connectivity index (χ0n) is 11.8. The Labute approximate surface area is 121 Å².